The first-order valence-corrected chi connectivity index (χ1v) is 11.2. The fraction of sp³-hybridized carbons (Fsp3) is 0.391. The third-order valence-corrected chi connectivity index (χ3v) is 6.53. The van der Waals surface area contributed by atoms with Crippen molar-refractivity contribution in [2.75, 3.05) is 49.1 Å². The predicted octanol–water partition coefficient (Wildman–Crippen LogP) is 0.933. The summed E-state index contributed by atoms with van der Waals surface area (Å²) in [7, 11) is 5.02. The van der Waals surface area contributed by atoms with Gasteiger partial charge in [0.1, 0.15) is 17.0 Å². The number of amides is 1. The van der Waals surface area contributed by atoms with Gasteiger partial charge in [0.15, 0.2) is 5.82 Å². The van der Waals surface area contributed by atoms with Crippen LogP contribution in [-0.4, -0.2) is 60.2 Å². The maximum Gasteiger partial charge on any atom is 0.349 e. The van der Waals surface area contributed by atoms with Gasteiger partial charge in [-0.05, 0) is 37.1 Å². The SMILES string of the molecule is CNC(=O)c1cc(N2CCNCC2Cc2cc3c4c(n(C)c(=O)nc4c2F)NN3C)cc(C)n1. The number of hydrogen-bond donors (Lipinski definition) is 3. The molecule has 1 amide bonds. The summed E-state index contributed by atoms with van der Waals surface area (Å²) < 4.78 is 17.1. The van der Waals surface area contributed by atoms with Crippen LogP contribution in [0.1, 0.15) is 21.7 Å². The Balaban J connectivity index is 1.55. The van der Waals surface area contributed by atoms with Gasteiger partial charge in [0.05, 0.1) is 11.1 Å². The van der Waals surface area contributed by atoms with Crippen LogP contribution in [-0.2, 0) is 13.5 Å². The van der Waals surface area contributed by atoms with E-state index < -0.39 is 11.5 Å². The van der Waals surface area contributed by atoms with E-state index in [1.807, 2.05) is 26.1 Å². The second-order valence-corrected chi connectivity index (χ2v) is 8.75. The molecule has 0 saturated carbocycles. The Morgan fingerprint density at radius 2 is 2.06 bits per heavy atom. The Morgan fingerprint density at radius 1 is 1.26 bits per heavy atom. The summed E-state index contributed by atoms with van der Waals surface area (Å²) in [5.41, 5.74) is 5.91. The van der Waals surface area contributed by atoms with Gasteiger partial charge in [0.2, 0.25) is 0 Å². The molecular weight excluding hydrogens is 439 g/mol. The molecule has 0 aliphatic carbocycles. The molecule has 10 nitrogen and oxygen atoms in total. The van der Waals surface area contributed by atoms with E-state index in [-0.39, 0.29) is 17.5 Å². The summed E-state index contributed by atoms with van der Waals surface area (Å²) in [5.74, 6) is -0.190. The zero-order valence-electron chi connectivity index (χ0n) is 19.6. The lowest BCUT2D eigenvalue weighted by molar-refractivity contribution is 0.0958. The largest absolute Gasteiger partial charge is 0.366 e. The van der Waals surface area contributed by atoms with Crippen LogP contribution >= 0.6 is 0 Å². The minimum absolute atomic E-state index is 0.0714. The number of carbonyl (C=O) groups is 1. The first-order valence-electron chi connectivity index (χ1n) is 11.2. The third-order valence-electron chi connectivity index (χ3n) is 6.53. The smallest absolute Gasteiger partial charge is 0.349 e. The zero-order chi connectivity index (χ0) is 24.1. The van der Waals surface area contributed by atoms with Gasteiger partial charge in [-0.2, -0.15) is 4.98 Å². The number of pyridine rings is 1. The molecule has 2 aromatic heterocycles. The standard InChI is InChI=1S/C23H27FN8O2/c1-12-7-14(10-16(27-12)22(33)25-2)32-6-5-26-11-15(32)8-13-9-17-18-20(19(13)24)28-23(34)30(3)21(18)29-31(17)4/h7,9-10,15,26,29H,5-6,8,11H2,1-4H3,(H,25,33). The summed E-state index contributed by atoms with van der Waals surface area (Å²) in [5, 5.41) is 8.39. The van der Waals surface area contributed by atoms with Crippen molar-refractivity contribution in [3.8, 4) is 0 Å². The van der Waals surface area contributed by atoms with Gasteiger partial charge in [-0.3, -0.25) is 19.8 Å². The number of carbonyl (C=O) groups excluding carboxylic acids is 1. The summed E-state index contributed by atoms with van der Waals surface area (Å²) in [4.78, 5) is 35.1. The van der Waals surface area contributed by atoms with E-state index in [1.54, 1.807) is 25.2 Å². The maximum absolute atomic E-state index is 15.7. The second-order valence-electron chi connectivity index (χ2n) is 8.75. The van der Waals surface area contributed by atoms with E-state index in [0.717, 1.165) is 23.6 Å². The molecule has 0 radical (unpaired) electrons. The first kappa shape index (κ1) is 22.1. The van der Waals surface area contributed by atoms with Crippen LogP contribution < -0.4 is 31.7 Å². The minimum atomic E-state index is -0.512. The van der Waals surface area contributed by atoms with Crippen molar-refractivity contribution in [3.63, 3.8) is 0 Å². The predicted molar refractivity (Wildman–Crippen MR) is 129 cm³/mol. The Hall–Kier alpha value is -3.73. The number of hydrazine groups is 1. The zero-order valence-corrected chi connectivity index (χ0v) is 19.6. The highest BCUT2D eigenvalue weighted by Gasteiger charge is 2.30. The molecule has 5 rings (SSSR count). The number of benzene rings is 1. The number of aromatic nitrogens is 3. The summed E-state index contributed by atoms with van der Waals surface area (Å²) in [6.07, 6.45) is 0.401. The van der Waals surface area contributed by atoms with Gasteiger partial charge >= 0.3 is 5.69 Å². The molecule has 1 unspecified atom stereocenters. The Kier molecular flexibility index (Phi) is 5.35. The van der Waals surface area contributed by atoms with Crippen molar-refractivity contribution >= 4 is 34.0 Å². The molecule has 1 fully saturated rings. The summed E-state index contributed by atoms with van der Waals surface area (Å²) in [6.45, 7) is 3.97. The van der Waals surface area contributed by atoms with E-state index in [2.05, 4.69) is 30.9 Å². The summed E-state index contributed by atoms with van der Waals surface area (Å²) >= 11 is 0. The lowest BCUT2D eigenvalue weighted by Crippen LogP contribution is -2.52. The first-order chi connectivity index (χ1) is 16.3. The number of nitrogens with zero attached hydrogens (tertiary/aromatic N) is 5. The van der Waals surface area contributed by atoms with Gasteiger partial charge in [0, 0.05) is 58.2 Å². The molecule has 178 valence electrons. The van der Waals surface area contributed by atoms with E-state index in [0.29, 0.717) is 42.0 Å². The monoisotopic (exact) mass is 466 g/mol. The molecule has 4 heterocycles. The number of rotatable bonds is 4. The van der Waals surface area contributed by atoms with Gasteiger partial charge in [-0.15, -0.1) is 0 Å². The molecule has 3 N–H and O–H groups in total. The fourth-order valence-corrected chi connectivity index (χ4v) is 4.82. The van der Waals surface area contributed by atoms with Crippen LogP contribution in [0.3, 0.4) is 0 Å². The molecule has 0 bridgehead atoms. The molecule has 34 heavy (non-hydrogen) atoms. The van der Waals surface area contributed by atoms with E-state index >= 15 is 4.39 Å². The van der Waals surface area contributed by atoms with E-state index in [4.69, 9.17) is 0 Å². The molecule has 3 aromatic rings. The molecule has 2 aliphatic heterocycles. The van der Waals surface area contributed by atoms with Gasteiger partial charge in [-0.25, -0.2) is 14.2 Å². The average Bonchev–Trinajstić information content (AvgIpc) is 3.16. The maximum atomic E-state index is 15.7. The van der Waals surface area contributed by atoms with E-state index in [9.17, 15) is 9.59 Å². The molecule has 1 aromatic carbocycles. The number of aryl methyl sites for hydroxylation is 1. The highest BCUT2D eigenvalue weighted by atomic mass is 19.1. The number of hydrogen-bond acceptors (Lipinski definition) is 8. The van der Waals surface area contributed by atoms with Crippen LogP contribution in [0.25, 0.3) is 10.9 Å². The van der Waals surface area contributed by atoms with Crippen LogP contribution in [0, 0.1) is 12.7 Å². The fourth-order valence-electron chi connectivity index (χ4n) is 4.82. The average molecular weight is 467 g/mol. The Bertz CT molecular complexity index is 1370. The van der Waals surface area contributed by atoms with Gasteiger partial charge < -0.3 is 15.5 Å². The van der Waals surface area contributed by atoms with Crippen molar-refractivity contribution in [1.29, 1.82) is 0 Å². The second kappa shape index (κ2) is 8.24. The quantitative estimate of drug-likeness (QED) is 0.522. The van der Waals surface area contributed by atoms with Crippen LogP contribution in [0.4, 0.5) is 21.6 Å². The lowest BCUT2D eigenvalue weighted by Gasteiger charge is -2.38. The van der Waals surface area contributed by atoms with Gasteiger partial charge in [-0.1, -0.05) is 0 Å². The van der Waals surface area contributed by atoms with Crippen LogP contribution in [0.15, 0.2) is 23.0 Å². The molecule has 1 saturated heterocycles. The van der Waals surface area contributed by atoms with Crippen molar-refractivity contribution in [2.24, 2.45) is 7.05 Å². The van der Waals surface area contributed by atoms with Crippen molar-refractivity contribution < 1.29 is 9.18 Å². The Labute approximate surface area is 195 Å². The van der Waals surface area contributed by atoms with Crippen LogP contribution in [0.2, 0.25) is 0 Å². The van der Waals surface area contributed by atoms with Crippen molar-refractivity contribution in [1.82, 2.24) is 25.2 Å². The normalized spacial score (nSPS) is 17.3. The highest BCUT2D eigenvalue weighted by molar-refractivity contribution is 6.05. The number of halogens is 1. The molecule has 0 spiro atoms. The lowest BCUT2D eigenvalue weighted by atomic mass is 9.99. The van der Waals surface area contributed by atoms with Crippen LogP contribution in [0.5, 0.6) is 0 Å². The van der Waals surface area contributed by atoms with Crippen molar-refractivity contribution in [3.05, 3.63) is 51.5 Å². The third kappa shape index (κ3) is 3.52. The molecule has 1 atom stereocenters. The van der Waals surface area contributed by atoms with Crippen molar-refractivity contribution in [2.45, 2.75) is 19.4 Å². The minimum Gasteiger partial charge on any atom is -0.366 e. The molecule has 2 aliphatic rings. The number of piperazine rings is 1. The van der Waals surface area contributed by atoms with E-state index in [1.165, 1.54) is 4.57 Å². The van der Waals surface area contributed by atoms with Gasteiger partial charge in [0.25, 0.3) is 5.91 Å². The number of nitrogens with one attached hydrogen (secondary N) is 3. The number of anilines is 3. The highest BCUT2D eigenvalue weighted by Crippen LogP contribution is 2.39. The summed E-state index contributed by atoms with van der Waals surface area (Å²) in [6, 6.07) is 5.47. The molecule has 11 heteroatoms. The topological polar surface area (TPSA) is 107 Å². The Morgan fingerprint density at radius 3 is 2.82 bits per heavy atom. The molecular formula is C23H27FN8O2.